The van der Waals surface area contributed by atoms with E-state index in [1.54, 1.807) is 11.8 Å². The van der Waals surface area contributed by atoms with E-state index >= 15 is 0 Å². The number of likely N-dealkylation sites (N-methyl/N-ethyl adjacent to an activating group) is 1. The van der Waals surface area contributed by atoms with Gasteiger partial charge in [0.2, 0.25) is 0 Å². The molecule has 2 atom stereocenters. The summed E-state index contributed by atoms with van der Waals surface area (Å²) < 4.78 is 62.3. The van der Waals surface area contributed by atoms with E-state index in [9.17, 15) is 36.0 Å². The van der Waals surface area contributed by atoms with Gasteiger partial charge >= 0.3 is 11.5 Å². The van der Waals surface area contributed by atoms with Crippen LogP contribution in [-0.2, 0) is 14.6 Å². The fourth-order valence-electron chi connectivity index (χ4n) is 5.04. The third-order valence-electron chi connectivity index (χ3n) is 7.40. The van der Waals surface area contributed by atoms with Crippen molar-refractivity contribution in [3.8, 4) is 0 Å². The van der Waals surface area contributed by atoms with Crippen molar-refractivity contribution in [2.45, 2.75) is 29.3 Å². The zero-order valence-corrected chi connectivity index (χ0v) is 21.3. The lowest BCUT2D eigenvalue weighted by Crippen LogP contribution is -2.48. The second kappa shape index (κ2) is 8.76. The summed E-state index contributed by atoms with van der Waals surface area (Å²) >= 11 is 0. The summed E-state index contributed by atoms with van der Waals surface area (Å²) in [6.45, 7) is 4.10. The Kier molecular flexibility index (Phi) is 6.02. The number of hydrogen-bond donors (Lipinski definition) is 0. The molecular weight excluding hydrogens is 527 g/mol. The van der Waals surface area contributed by atoms with Crippen LogP contribution in [-0.4, -0.2) is 85.3 Å². The molecule has 4 amide bonds. The lowest BCUT2D eigenvalue weighted by Gasteiger charge is -2.33. The van der Waals surface area contributed by atoms with Gasteiger partial charge in [0.05, 0.1) is 21.8 Å². The number of anilines is 2. The SMILES string of the molecule is CC1CC12C(=O)N(c1ccc(S(=O)(=O)C(F)(F)F)cc1)C(=O)N2c1ccncc1C(=O)N1CCN(C)CC1. The van der Waals surface area contributed by atoms with Crippen LogP contribution in [0.3, 0.4) is 0 Å². The number of halogens is 3. The highest BCUT2D eigenvalue weighted by Crippen LogP contribution is 2.56. The molecule has 5 rings (SSSR count). The molecule has 0 bridgehead atoms. The van der Waals surface area contributed by atoms with Crippen molar-refractivity contribution in [1.29, 1.82) is 0 Å². The first kappa shape index (κ1) is 26.1. The average Bonchev–Trinajstić information content (AvgIpc) is 3.49. The van der Waals surface area contributed by atoms with E-state index in [1.165, 1.54) is 23.4 Å². The van der Waals surface area contributed by atoms with E-state index in [4.69, 9.17) is 0 Å². The van der Waals surface area contributed by atoms with E-state index in [-0.39, 0.29) is 28.8 Å². The van der Waals surface area contributed by atoms with Crippen LogP contribution < -0.4 is 9.80 Å². The Morgan fingerprint density at radius 2 is 1.66 bits per heavy atom. The standard InChI is InChI=1S/C24H24F3N5O5S/c1-15-13-23(15)21(34)31(16-3-5-17(6-4-16)38(36,37)24(25,26)27)22(35)32(23)19-7-8-28-14-18(19)20(33)30-11-9-29(2)10-12-30/h3-8,14-15H,9-13H2,1-2H3. The van der Waals surface area contributed by atoms with Crippen molar-refractivity contribution in [2.75, 3.05) is 43.0 Å². The number of amides is 4. The second-order valence-corrected chi connectivity index (χ2v) is 11.7. The summed E-state index contributed by atoms with van der Waals surface area (Å²) in [4.78, 5) is 49.7. The van der Waals surface area contributed by atoms with Crippen molar-refractivity contribution < 1.29 is 36.0 Å². The largest absolute Gasteiger partial charge is 0.501 e. The molecule has 1 spiro atoms. The number of benzene rings is 1. The summed E-state index contributed by atoms with van der Waals surface area (Å²) in [6, 6.07) is 4.09. The van der Waals surface area contributed by atoms with Gasteiger partial charge in [-0.2, -0.15) is 13.2 Å². The zero-order chi connectivity index (χ0) is 27.6. The van der Waals surface area contributed by atoms with Gasteiger partial charge in [-0.3, -0.25) is 19.5 Å². The maximum atomic E-state index is 13.7. The van der Waals surface area contributed by atoms with Gasteiger partial charge < -0.3 is 9.80 Å². The van der Waals surface area contributed by atoms with Crippen LogP contribution in [0.15, 0.2) is 47.6 Å². The van der Waals surface area contributed by atoms with E-state index in [2.05, 4.69) is 9.88 Å². The Morgan fingerprint density at radius 3 is 2.21 bits per heavy atom. The normalized spacial score (nSPS) is 24.4. The number of rotatable bonds is 4. The van der Waals surface area contributed by atoms with Crippen molar-refractivity contribution >= 4 is 39.1 Å². The number of carbonyl (C=O) groups is 3. The van der Waals surface area contributed by atoms with Crippen molar-refractivity contribution in [1.82, 2.24) is 14.8 Å². The molecule has 1 aliphatic carbocycles. The molecule has 0 N–H and O–H groups in total. The predicted molar refractivity (Wildman–Crippen MR) is 129 cm³/mol. The fourth-order valence-corrected chi connectivity index (χ4v) is 5.81. The summed E-state index contributed by atoms with van der Waals surface area (Å²) in [5, 5.41) is 0. The molecule has 14 heteroatoms. The molecule has 2 saturated heterocycles. The minimum absolute atomic E-state index is 0.0805. The molecular formula is C24H24F3N5O5S. The number of alkyl halides is 3. The first-order valence-electron chi connectivity index (χ1n) is 11.8. The van der Waals surface area contributed by atoms with Gasteiger partial charge in [-0.15, -0.1) is 0 Å². The zero-order valence-electron chi connectivity index (χ0n) is 20.5. The molecule has 38 heavy (non-hydrogen) atoms. The average molecular weight is 552 g/mol. The number of hydrogen-bond acceptors (Lipinski definition) is 7. The number of aromatic nitrogens is 1. The summed E-state index contributed by atoms with van der Waals surface area (Å²) in [6.07, 6.45) is 3.08. The van der Waals surface area contributed by atoms with Gasteiger partial charge in [-0.25, -0.2) is 18.1 Å². The maximum absolute atomic E-state index is 13.7. The Labute approximate surface area is 216 Å². The van der Waals surface area contributed by atoms with Gasteiger partial charge in [0.1, 0.15) is 5.54 Å². The van der Waals surface area contributed by atoms with E-state index < -0.39 is 37.7 Å². The Morgan fingerprint density at radius 1 is 1.05 bits per heavy atom. The van der Waals surface area contributed by atoms with Crippen LogP contribution in [0.1, 0.15) is 23.7 Å². The highest BCUT2D eigenvalue weighted by atomic mass is 32.2. The topological polar surface area (TPSA) is 111 Å². The molecule has 1 aromatic heterocycles. The van der Waals surface area contributed by atoms with Crippen molar-refractivity contribution in [2.24, 2.45) is 5.92 Å². The number of nitrogens with zero attached hydrogens (tertiary/aromatic N) is 5. The summed E-state index contributed by atoms with van der Waals surface area (Å²) in [5.74, 6) is -1.19. The van der Waals surface area contributed by atoms with Crippen LogP contribution >= 0.6 is 0 Å². The number of pyridine rings is 1. The number of urea groups is 1. The molecule has 2 aromatic rings. The molecule has 0 radical (unpaired) electrons. The van der Waals surface area contributed by atoms with E-state index in [0.717, 1.165) is 17.0 Å². The summed E-state index contributed by atoms with van der Waals surface area (Å²) in [7, 11) is -3.65. The summed E-state index contributed by atoms with van der Waals surface area (Å²) in [5.41, 5.74) is -6.48. The van der Waals surface area contributed by atoms with Gasteiger partial charge in [0, 0.05) is 38.6 Å². The first-order chi connectivity index (χ1) is 17.8. The Balaban J connectivity index is 1.51. The Hall–Kier alpha value is -3.52. The highest BCUT2D eigenvalue weighted by Gasteiger charge is 2.71. The van der Waals surface area contributed by atoms with Gasteiger partial charge in [-0.1, -0.05) is 6.92 Å². The lowest BCUT2D eigenvalue weighted by molar-refractivity contribution is -0.119. The van der Waals surface area contributed by atoms with Crippen LogP contribution in [0.4, 0.5) is 29.3 Å². The molecule has 1 saturated carbocycles. The van der Waals surface area contributed by atoms with Crippen LogP contribution in [0.2, 0.25) is 0 Å². The molecule has 1 aromatic carbocycles. The molecule has 202 valence electrons. The van der Waals surface area contributed by atoms with Crippen molar-refractivity contribution in [3.05, 3.63) is 48.3 Å². The van der Waals surface area contributed by atoms with Gasteiger partial charge in [-0.05, 0) is 49.7 Å². The van der Waals surface area contributed by atoms with Crippen LogP contribution in [0.5, 0.6) is 0 Å². The minimum atomic E-state index is -5.60. The quantitative estimate of drug-likeness (QED) is 0.537. The van der Waals surface area contributed by atoms with Gasteiger partial charge in [0.25, 0.3) is 21.7 Å². The Bertz CT molecular complexity index is 1420. The predicted octanol–water partition coefficient (Wildman–Crippen LogP) is 2.51. The number of piperazine rings is 1. The van der Waals surface area contributed by atoms with Crippen LogP contribution in [0, 0.1) is 5.92 Å². The number of carbonyl (C=O) groups excluding carboxylic acids is 3. The van der Waals surface area contributed by atoms with Gasteiger partial charge in [0.15, 0.2) is 0 Å². The third-order valence-corrected chi connectivity index (χ3v) is 8.90. The molecule has 2 unspecified atom stereocenters. The van der Waals surface area contributed by atoms with E-state index in [1.807, 2.05) is 7.05 Å². The molecule has 2 aliphatic heterocycles. The monoisotopic (exact) mass is 551 g/mol. The van der Waals surface area contributed by atoms with Crippen LogP contribution in [0.25, 0.3) is 0 Å². The molecule has 3 heterocycles. The van der Waals surface area contributed by atoms with Crippen molar-refractivity contribution in [3.63, 3.8) is 0 Å². The molecule has 3 aliphatic rings. The van der Waals surface area contributed by atoms with E-state index in [0.29, 0.717) is 44.7 Å². The number of sulfone groups is 1. The minimum Gasteiger partial charge on any atom is -0.336 e. The molecule has 10 nitrogen and oxygen atoms in total. The first-order valence-corrected chi connectivity index (χ1v) is 13.3. The highest BCUT2D eigenvalue weighted by molar-refractivity contribution is 7.92. The fraction of sp³-hybridized carbons (Fsp3) is 0.417. The number of imide groups is 1. The molecule has 3 fully saturated rings. The third kappa shape index (κ3) is 3.85. The second-order valence-electron chi connectivity index (χ2n) is 9.72. The lowest BCUT2D eigenvalue weighted by atomic mass is 10.1. The smallest absolute Gasteiger partial charge is 0.336 e. The maximum Gasteiger partial charge on any atom is 0.501 e.